The summed E-state index contributed by atoms with van der Waals surface area (Å²) in [5.74, 6) is -2.21. The number of nitrogens with zero attached hydrogens (tertiary/aromatic N) is 1. The molecule has 0 spiro atoms. The number of aliphatic hydroxyl groups excluding tert-OH is 1. The van der Waals surface area contributed by atoms with Crippen molar-refractivity contribution in [2.75, 3.05) is 6.54 Å². The fraction of sp³-hybridized carbons (Fsp3) is 0.333. The summed E-state index contributed by atoms with van der Waals surface area (Å²) in [4.78, 5) is 24.4. The number of hydrogen-bond acceptors (Lipinski definition) is 3. The van der Waals surface area contributed by atoms with E-state index in [1.165, 1.54) is 6.07 Å². The van der Waals surface area contributed by atoms with Gasteiger partial charge in [0, 0.05) is 17.4 Å². The van der Waals surface area contributed by atoms with E-state index < -0.39 is 29.8 Å². The van der Waals surface area contributed by atoms with Crippen LogP contribution in [-0.2, 0) is 4.79 Å². The molecule has 2 N–H and O–H groups in total. The van der Waals surface area contributed by atoms with Gasteiger partial charge in [0.05, 0.1) is 11.7 Å². The maximum absolute atomic E-state index is 13.0. The minimum Gasteiger partial charge on any atom is -0.480 e. The van der Waals surface area contributed by atoms with Crippen molar-refractivity contribution < 1.29 is 24.2 Å². The summed E-state index contributed by atoms with van der Waals surface area (Å²) in [6.07, 6.45) is -0.857. The van der Waals surface area contributed by atoms with Crippen LogP contribution in [0.5, 0.6) is 0 Å². The average Bonchev–Trinajstić information content (AvgIpc) is 2.70. The lowest BCUT2D eigenvalue weighted by Gasteiger charge is -2.21. The van der Waals surface area contributed by atoms with Crippen molar-refractivity contribution in [3.63, 3.8) is 0 Å². The molecule has 1 aromatic carbocycles. The van der Waals surface area contributed by atoms with Gasteiger partial charge in [-0.15, -0.1) is 0 Å². The van der Waals surface area contributed by atoms with E-state index in [2.05, 4.69) is 15.9 Å². The number of likely N-dealkylation sites (tertiary alicyclic amines) is 1. The number of carboxylic acid groups (broad SMARTS) is 1. The summed E-state index contributed by atoms with van der Waals surface area (Å²) in [6, 6.07) is 2.49. The van der Waals surface area contributed by atoms with Gasteiger partial charge < -0.3 is 15.1 Å². The first kappa shape index (κ1) is 14.0. The Balaban J connectivity index is 2.30. The van der Waals surface area contributed by atoms with E-state index in [1.54, 1.807) is 0 Å². The zero-order chi connectivity index (χ0) is 14.2. The number of hydrogen-bond donors (Lipinski definition) is 2. The number of aliphatic carboxylic acids is 1. The SMILES string of the molecule is O=C(O)[C@H]1C[C@@H](O)CN1C(=O)c1ccc(F)cc1Br. The van der Waals surface area contributed by atoms with Crippen molar-refractivity contribution in [2.45, 2.75) is 18.6 Å². The van der Waals surface area contributed by atoms with Gasteiger partial charge in [0.25, 0.3) is 5.91 Å². The maximum Gasteiger partial charge on any atom is 0.326 e. The van der Waals surface area contributed by atoms with Crippen molar-refractivity contribution in [2.24, 2.45) is 0 Å². The van der Waals surface area contributed by atoms with Crippen molar-refractivity contribution in [1.29, 1.82) is 0 Å². The predicted molar refractivity (Wildman–Crippen MR) is 67.2 cm³/mol. The highest BCUT2D eigenvalue weighted by Gasteiger charge is 2.39. The van der Waals surface area contributed by atoms with E-state index in [1.807, 2.05) is 0 Å². The second kappa shape index (κ2) is 5.26. The van der Waals surface area contributed by atoms with Gasteiger partial charge in [-0.1, -0.05) is 0 Å². The Morgan fingerprint density at radius 2 is 2.11 bits per heavy atom. The summed E-state index contributed by atoms with van der Waals surface area (Å²) < 4.78 is 13.2. The van der Waals surface area contributed by atoms with Crippen LogP contribution in [0.1, 0.15) is 16.8 Å². The molecule has 1 fully saturated rings. The first-order chi connectivity index (χ1) is 8.90. The lowest BCUT2D eigenvalue weighted by atomic mass is 10.1. The largest absolute Gasteiger partial charge is 0.480 e. The number of benzene rings is 1. The third kappa shape index (κ3) is 2.76. The number of carbonyl (C=O) groups excluding carboxylic acids is 1. The highest BCUT2D eigenvalue weighted by Crippen LogP contribution is 2.25. The third-order valence-electron chi connectivity index (χ3n) is 2.99. The van der Waals surface area contributed by atoms with E-state index >= 15 is 0 Å². The standard InChI is InChI=1S/C12H11BrFNO4/c13-9-3-6(14)1-2-8(9)11(17)15-5-7(16)4-10(15)12(18)19/h1-3,7,10,16H,4-5H2,(H,18,19)/t7-,10-/m1/s1. The molecule has 0 unspecified atom stereocenters. The molecule has 2 rings (SSSR count). The van der Waals surface area contributed by atoms with Gasteiger partial charge in [-0.05, 0) is 34.1 Å². The van der Waals surface area contributed by atoms with E-state index in [0.717, 1.165) is 17.0 Å². The molecule has 2 atom stereocenters. The summed E-state index contributed by atoms with van der Waals surface area (Å²) in [7, 11) is 0. The first-order valence-electron chi connectivity index (χ1n) is 5.57. The fourth-order valence-corrected chi connectivity index (χ4v) is 2.61. The summed E-state index contributed by atoms with van der Waals surface area (Å²) in [5.41, 5.74) is 0.168. The van der Waals surface area contributed by atoms with Gasteiger partial charge in [-0.3, -0.25) is 4.79 Å². The van der Waals surface area contributed by atoms with Gasteiger partial charge in [0.1, 0.15) is 11.9 Å². The molecule has 102 valence electrons. The van der Waals surface area contributed by atoms with Crippen molar-refractivity contribution >= 4 is 27.8 Å². The Hall–Kier alpha value is -1.47. The number of aliphatic hydroxyl groups is 1. The second-order valence-corrected chi connectivity index (χ2v) is 5.18. The number of rotatable bonds is 2. The Morgan fingerprint density at radius 3 is 2.68 bits per heavy atom. The van der Waals surface area contributed by atoms with Crippen LogP contribution in [0.25, 0.3) is 0 Å². The molecule has 5 nitrogen and oxygen atoms in total. The molecule has 1 aliphatic rings. The normalized spacial score (nSPS) is 22.6. The number of halogens is 2. The molecule has 0 aromatic heterocycles. The zero-order valence-electron chi connectivity index (χ0n) is 9.72. The Kier molecular flexibility index (Phi) is 3.86. The minimum atomic E-state index is -1.16. The summed E-state index contributed by atoms with van der Waals surface area (Å²) in [5, 5.41) is 18.5. The third-order valence-corrected chi connectivity index (χ3v) is 3.64. The lowest BCUT2D eigenvalue weighted by molar-refractivity contribution is -0.141. The highest BCUT2D eigenvalue weighted by molar-refractivity contribution is 9.10. The van der Waals surface area contributed by atoms with Crippen LogP contribution in [0.2, 0.25) is 0 Å². The molecule has 1 saturated heterocycles. The molecule has 0 radical (unpaired) electrons. The number of amides is 1. The lowest BCUT2D eigenvalue weighted by Crippen LogP contribution is -2.40. The van der Waals surface area contributed by atoms with E-state index in [-0.39, 0.29) is 23.0 Å². The summed E-state index contributed by atoms with van der Waals surface area (Å²) >= 11 is 3.07. The predicted octanol–water partition coefficient (Wildman–Crippen LogP) is 1.25. The first-order valence-corrected chi connectivity index (χ1v) is 6.36. The monoisotopic (exact) mass is 331 g/mol. The quantitative estimate of drug-likeness (QED) is 0.854. The van der Waals surface area contributed by atoms with Gasteiger partial charge in [0.2, 0.25) is 0 Å². The molecule has 0 aliphatic carbocycles. The highest BCUT2D eigenvalue weighted by atomic mass is 79.9. The van der Waals surface area contributed by atoms with Crippen LogP contribution in [0.3, 0.4) is 0 Å². The van der Waals surface area contributed by atoms with E-state index in [4.69, 9.17) is 5.11 Å². The molecule has 1 heterocycles. The van der Waals surface area contributed by atoms with Crippen LogP contribution < -0.4 is 0 Å². The zero-order valence-corrected chi connectivity index (χ0v) is 11.3. The van der Waals surface area contributed by atoms with Crippen molar-refractivity contribution in [3.05, 3.63) is 34.1 Å². The van der Waals surface area contributed by atoms with Gasteiger partial charge in [0.15, 0.2) is 0 Å². The van der Waals surface area contributed by atoms with Crippen LogP contribution >= 0.6 is 15.9 Å². The molecule has 1 aliphatic heterocycles. The summed E-state index contributed by atoms with van der Waals surface area (Å²) in [6.45, 7) is -0.0420. The van der Waals surface area contributed by atoms with Crippen LogP contribution in [0.4, 0.5) is 4.39 Å². The fourth-order valence-electron chi connectivity index (χ4n) is 2.09. The minimum absolute atomic E-state index is 0.000112. The maximum atomic E-state index is 13.0. The van der Waals surface area contributed by atoms with E-state index in [9.17, 15) is 19.1 Å². The number of carboxylic acids is 1. The van der Waals surface area contributed by atoms with E-state index in [0.29, 0.717) is 0 Å². The number of β-amino-alcohol motifs (C(OH)–C–C–N with tert-alkyl or cyclic N) is 1. The van der Waals surface area contributed by atoms with Gasteiger partial charge in [-0.2, -0.15) is 0 Å². The van der Waals surface area contributed by atoms with Crippen LogP contribution in [0, 0.1) is 5.82 Å². The molecule has 19 heavy (non-hydrogen) atoms. The molecule has 0 bridgehead atoms. The molecule has 1 aromatic rings. The Bertz CT molecular complexity index is 536. The van der Waals surface area contributed by atoms with Crippen LogP contribution in [-0.4, -0.2) is 45.7 Å². The Labute approximate surface area is 116 Å². The van der Waals surface area contributed by atoms with Gasteiger partial charge >= 0.3 is 5.97 Å². The molecule has 1 amide bonds. The van der Waals surface area contributed by atoms with Crippen molar-refractivity contribution in [3.8, 4) is 0 Å². The smallest absolute Gasteiger partial charge is 0.326 e. The molecular formula is C12H11BrFNO4. The number of carbonyl (C=O) groups is 2. The van der Waals surface area contributed by atoms with Crippen molar-refractivity contribution in [1.82, 2.24) is 4.90 Å². The molecule has 0 saturated carbocycles. The van der Waals surface area contributed by atoms with Gasteiger partial charge in [-0.25, -0.2) is 9.18 Å². The molecular weight excluding hydrogens is 321 g/mol. The Morgan fingerprint density at radius 1 is 1.42 bits per heavy atom. The average molecular weight is 332 g/mol. The topological polar surface area (TPSA) is 77.8 Å². The second-order valence-electron chi connectivity index (χ2n) is 4.33. The van der Waals surface area contributed by atoms with Crippen LogP contribution in [0.15, 0.2) is 22.7 Å². The molecule has 7 heteroatoms.